The van der Waals surface area contributed by atoms with Gasteiger partial charge < -0.3 is 26.6 Å². The van der Waals surface area contributed by atoms with Crippen LogP contribution >= 0.6 is 11.3 Å². The zero-order valence-electron chi connectivity index (χ0n) is 10.5. The van der Waals surface area contributed by atoms with Crippen molar-refractivity contribution in [2.24, 2.45) is 5.73 Å². The van der Waals surface area contributed by atoms with E-state index in [1.54, 1.807) is 0 Å². The van der Waals surface area contributed by atoms with E-state index in [2.05, 4.69) is 25.3 Å². The van der Waals surface area contributed by atoms with Crippen molar-refractivity contribution in [1.82, 2.24) is 15.5 Å². The van der Waals surface area contributed by atoms with Gasteiger partial charge in [0.05, 0.1) is 17.8 Å². The Labute approximate surface area is 117 Å². The first-order valence-corrected chi connectivity index (χ1v) is 6.29. The summed E-state index contributed by atoms with van der Waals surface area (Å²) in [6.45, 7) is 0.221. The number of amides is 2. The number of nitrogens with one attached hydrogen (secondary N) is 2. The summed E-state index contributed by atoms with van der Waals surface area (Å²) in [4.78, 5) is 27.1. The van der Waals surface area contributed by atoms with Gasteiger partial charge in [-0.25, -0.2) is 0 Å². The molecule has 0 aromatic carbocycles. The number of thiophene rings is 1. The fraction of sp³-hybridized carbons (Fsp3) is 0.200. The zero-order valence-corrected chi connectivity index (χ0v) is 11.3. The van der Waals surface area contributed by atoms with Gasteiger partial charge in [-0.3, -0.25) is 9.59 Å². The number of hydrogen-bond acceptors (Lipinski definition) is 8. The third-order valence-electron chi connectivity index (χ3n) is 2.44. The lowest BCUT2D eigenvalue weighted by molar-refractivity contribution is 0.0965. The van der Waals surface area contributed by atoms with Crippen molar-refractivity contribution in [1.29, 1.82) is 0 Å². The number of nitrogens with zero attached hydrogens (tertiary/aromatic N) is 2. The van der Waals surface area contributed by atoms with Crippen LogP contribution in [0.4, 0.5) is 10.7 Å². The van der Waals surface area contributed by atoms with Gasteiger partial charge in [0.1, 0.15) is 9.88 Å². The first kappa shape index (κ1) is 13.8. The topological polar surface area (TPSA) is 149 Å². The van der Waals surface area contributed by atoms with Crippen molar-refractivity contribution in [2.75, 3.05) is 18.1 Å². The number of nitrogens with two attached hydrogens (primary N) is 2. The maximum absolute atomic E-state index is 11.8. The van der Waals surface area contributed by atoms with Gasteiger partial charge >= 0.3 is 0 Å². The monoisotopic (exact) mass is 296 g/mol. The number of aromatic nitrogens is 2. The van der Waals surface area contributed by atoms with E-state index in [-0.39, 0.29) is 22.7 Å². The third-order valence-corrected chi connectivity index (χ3v) is 3.61. The van der Waals surface area contributed by atoms with Crippen LogP contribution in [0.3, 0.4) is 0 Å². The minimum atomic E-state index is -0.690. The van der Waals surface area contributed by atoms with Gasteiger partial charge in [0.15, 0.2) is 5.82 Å². The molecule has 0 radical (unpaired) electrons. The molecule has 2 aromatic heterocycles. The second kappa shape index (κ2) is 5.57. The van der Waals surface area contributed by atoms with Crippen LogP contribution in [0.1, 0.15) is 25.9 Å². The van der Waals surface area contributed by atoms with Gasteiger partial charge in [0, 0.05) is 7.05 Å². The summed E-state index contributed by atoms with van der Waals surface area (Å²) < 4.78 is 4.59. The lowest BCUT2D eigenvalue weighted by Gasteiger charge is -2.05. The lowest BCUT2D eigenvalue weighted by Crippen LogP contribution is -2.20. The molecule has 2 heterocycles. The maximum atomic E-state index is 11.8. The molecule has 10 heteroatoms. The molecule has 6 N–H and O–H groups in total. The van der Waals surface area contributed by atoms with Crippen molar-refractivity contribution < 1.29 is 14.1 Å². The van der Waals surface area contributed by atoms with Crippen molar-refractivity contribution in [3.05, 3.63) is 22.7 Å². The average Bonchev–Trinajstić information content (AvgIpc) is 3.03. The summed E-state index contributed by atoms with van der Waals surface area (Å²) >= 11 is 1.00. The summed E-state index contributed by atoms with van der Waals surface area (Å²) in [6.07, 6.45) is 1.19. The Balaban J connectivity index is 2.32. The van der Waals surface area contributed by atoms with Crippen LogP contribution in [0.2, 0.25) is 0 Å². The highest BCUT2D eigenvalue weighted by atomic mass is 32.1. The maximum Gasteiger partial charge on any atom is 0.260 e. The fourth-order valence-corrected chi connectivity index (χ4v) is 2.50. The molecule has 0 spiro atoms. The molecule has 0 aliphatic rings. The Morgan fingerprint density at radius 2 is 2.25 bits per heavy atom. The number of primary amides is 1. The van der Waals surface area contributed by atoms with Crippen LogP contribution in [0, 0.1) is 0 Å². The Morgan fingerprint density at radius 3 is 2.80 bits per heavy atom. The molecule has 0 saturated carbocycles. The van der Waals surface area contributed by atoms with Gasteiger partial charge in [-0.1, -0.05) is 5.16 Å². The van der Waals surface area contributed by atoms with Crippen LogP contribution in [0.15, 0.2) is 10.9 Å². The minimum absolute atomic E-state index is 0.0532. The highest BCUT2D eigenvalue weighted by Crippen LogP contribution is 2.35. The van der Waals surface area contributed by atoms with E-state index in [9.17, 15) is 9.59 Å². The van der Waals surface area contributed by atoms with Crippen LogP contribution < -0.4 is 22.1 Å². The molecular formula is C10H12N6O3S. The van der Waals surface area contributed by atoms with Crippen LogP contribution in [-0.2, 0) is 6.54 Å². The molecule has 2 rings (SSSR count). The summed E-state index contributed by atoms with van der Waals surface area (Å²) in [5.41, 5.74) is 11.2. The molecule has 0 aliphatic carbocycles. The average molecular weight is 296 g/mol. The number of anilines is 2. The lowest BCUT2D eigenvalue weighted by atomic mass is 10.2. The second-order valence-corrected chi connectivity index (χ2v) is 4.71. The Kier molecular flexibility index (Phi) is 3.84. The van der Waals surface area contributed by atoms with Gasteiger partial charge in [0.2, 0.25) is 6.39 Å². The van der Waals surface area contributed by atoms with E-state index in [1.807, 2.05) is 0 Å². The van der Waals surface area contributed by atoms with Crippen molar-refractivity contribution >= 4 is 33.8 Å². The van der Waals surface area contributed by atoms with Crippen molar-refractivity contribution in [2.45, 2.75) is 6.54 Å². The highest BCUT2D eigenvalue weighted by Gasteiger charge is 2.23. The fourth-order valence-electron chi connectivity index (χ4n) is 1.53. The Morgan fingerprint density at radius 1 is 1.50 bits per heavy atom. The quantitative estimate of drug-likeness (QED) is 0.596. The zero-order chi connectivity index (χ0) is 14.7. The standard InChI is InChI=1S/C10H12N6O3S/c1-13-9(18)5-6(11)7(8(12)17)20-10(5)14-2-4-15-3-19-16-4/h3,14H,2,11H2,1H3,(H2,12,17)(H,13,18). The first-order valence-electron chi connectivity index (χ1n) is 5.47. The highest BCUT2D eigenvalue weighted by molar-refractivity contribution is 7.19. The van der Waals surface area contributed by atoms with Crippen LogP contribution in [0.5, 0.6) is 0 Å². The summed E-state index contributed by atoms with van der Waals surface area (Å²) in [5, 5.41) is 9.43. The third kappa shape index (κ3) is 2.54. The van der Waals surface area contributed by atoms with E-state index in [4.69, 9.17) is 11.5 Å². The smallest absolute Gasteiger partial charge is 0.260 e. The van der Waals surface area contributed by atoms with Gasteiger partial charge in [-0.15, -0.1) is 11.3 Å². The largest absolute Gasteiger partial charge is 0.397 e. The van der Waals surface area contributed by atoms with Gasteiger partial charge in [0.25, 0.3) is 11.8 Å². The Bertz CT molecular complexity index is 636. The minimum Gasteiger partial charge on any atom is -0.397 e. The molecule has 106 valence electrons. The molecular weight excluding hydrogens is 284 g/mol. The molecule has 0 aliphatic heterocycles. The number of carbonyl (C=O) groups excluding carboxylic acids is 2. The predicted molar refractivity (Wildman–Crippen MR) is 72.3 cm³/mol. The van der Waals surface area contributed by atoms with Crippen molar-refractivity contribution in [3.8, 4) is 0 Å². The summed E-state index contributed by atoms with van der Waals surface area (Å²) in [5.74, 6) is -0.701. The normalized spacial score (nSPS) is 10.2. The first-order chi connectivity index (χ1) is 9.54. The van der Waals surface area contributed by atoms with E-state index in [0.717, 1.165) is 11.3 Å². The number of carbonyl (C=O) groups is 2. The van der Waals surface area contributed by atoms with Crippen LogP contribution in [-0.4, -0.2) is 29.0 Å². The predicted octanol–water partition coefficient (Wildman–Crippen LogP) is -0.216. The second-order valence-electron chi connectivity index (χ2n) is 3.69. The van der Waals surface area contributed by atoms with E-state index < -0.39 is 11.8 Å². The molecule has 2 aromatic rings. The molecule has 0 atom stereocenters. The molecule has 0 fully saturated rings. The van der Waals surface area contributed by atoms with E-state index in [1.165, 1.54) is 13.4 Å². The number of nitrogen functional groups attached to an aromatic ring is 1. The SMILES string of the molecule is CNC(=O)c1c(NCc2ncon2)sc(C(N)=O)c1N. The summed E-state index contributed by atoms with van der Waals surface area (Å²) in [6, 6.07) is 0. The molecule has 0 bridgehead atoms. The van der Waals surface area contributed by atoms with E-state index >= 15 is 0 Å². The molecule has 9 nitrogen and oxygen atoms in total. The molecule has 0 unspecified atom stereocenters. The molecule has 2 amide bonds. The molecule has 20 heavy (non-hydrogen) atoms. The van der Waals surface area contributed by atoms with Gasteiger partial charge in [-0.2, -0.15) is 4.98 Å². The summed E-state index contributed by atoms with van der Waals surface area (Å²) in [7, 11) is 1.46. The van der Waals surface area contributed by atoms with Gasteiger partial charge in [-0.05, 0) is 0 Å². The van der Waals surface area contributed by atoms with Crippen molar-refractivity contribution in [3.63, 3.8) is 0 Å². The number of hydrogen-bond donors (Lipinski definition) is 4. The number of rotatable bonds is 5. The van der Waals surface area contributed by atoms with E-state index in [0.29, 0.717) is 10.8 Å². The molecule has 0 saturated heterocycles. The Hall–Kier alpha value is -2.62. The van der Waals surface area contributed by atoms with Crippen LogP contribution in [0.25, 0.3) is 0 Å².